The molecule has 0 radical (unpaired) electrons. The molecule has 2 aliphatic heterocycles. The number of fused-ring (bicyclic) bond motifs is 1. The first-order chi connectivity index (χ1) is 12.2. The molecule has 0 spiro atoms. The van der Waals surface area contributed by atoms with Crippen molar-refractivity contribution in [3.63, 3.8) is 0 Å². The van der Waals surface area contributed by atoms with Crippen molar-refractivity contribution < 1.29 is 9.53 Å². The summed E-state index contributed by atoms with van der Waals surface area (Å²) in [5.74, 6) is 0.729. The predicted octanol–water partition coefficient (Wildman–Crippen LogP) is 2.31. The highest BCUT2D eigenvalue weighted by atomic mass is 16.5. The molecule has 25 heavy (non-hydrogen) atoms. The maximum absolute atomic E-state index is 12.5. The zero-order valence-electron chi connectivity index (χ0n) is 14.4. The SMILES string of the molecule is O=C(CC1CCOCC1)N1CCC(n2c(=O)[nH]c3ccccc32)CC1. The number of rotatable bonds is 3. The quantitative estimate of drug-likeness (QED) is 0.930. The van der Waals surface area contributed by atoms with Crippen molar-refractivity contribution in [2.24, 2.45) is 5.92 Å². The number of amides is 1. The summed E-state index contributed by atoms with van der Waals surface area (Å²) in [7, 11) is 0. The van der Waals surface area contributed by atoms with Gasteiger partial charge in [0, 0.05) is 38.8 Å². The van der Waals surface area contributed by atoms with E-state index in [1.807, 2.05) is 33.7 Å². The average molecular weight is 343 g/mol. The van der Waals surface area contributed by atoms with E-state index in [4.69, 9.17) is 4.74 Å². The van der Waals surface area contributed by atoms with E-state index in [9.17, 15) is 9.59 Å². The van der Waals surface area contributed by atoms with Crippen LogP contribution in [0.4, 0.5) is 0 Å². The van der Waals surface area contributed by atoms with Gasteiger partial charge in [-0.25, -0.2) is 4.79 Å². The van der Waals surface area contributed by atoms with E-state index in [0.717, 1.165) is 63.0 Å². The van der Waals surface area contributed by atoms with Crippen LogP contribution in [0.15, 0.2) is 29.1 Å². The molecule has 1 amide bonds. The summed E-state index contributed by atoms with van der Waals surface area (Å²) in [5, 5.41) is 0. The number of piperidine rings is 1. The number of carbonyl (C=O) groups excluding carboxylic acids is 1. The van der Waals surface area contributed by atoms with Crippen molar-refractivity contribution in [2.75, 3.05) is 26.3 Å². The van der Waals surface area contributed by atoms with E-state index in [-0.39, 0.29) is 17.6 Å². The zero-order chi connectivity index (χ0) is 17.2. The van der Waals surface area contributed by atoms with Crippen molar-refractivity contribution in [3.8, 4) is 0 Å². The Hall–Kier alpha value is -2.08. The molecule has 0 aliphatic carbocycles. The van der Waals surface area contributed by atoms with Gasteiger partial charge in [0.15, 0.2) is 0 Å². The second-order valence-corrected chi connectivity index (χ2v) is 7.19. The number of carbonyl (C=O) groups is 1. The van der Waals surface area contributed by atoms with Gasteiger partial charge in [0.2, 0.25) is 5.91 Å². The van der Waals surface area contributed by atoms with Gasteiger partial charge >= 0.3 is 5.69 Å². The van der Waals surface area contributed by atoms with E-state index in [1.165, 1.54) is 0 Å². The molecule has 1 aromatic heterocycles. The van der Waals surface area contributed by atoms with Crippen LogP contribution in [0.5, 0.6) is 0 Å². The van der Waals surface area contributed by atoms with Gasteiger partial charge in [0.1, 0.15) is 0 Å². The third-order valence-corrected chi connectivity index (χ3v) is 5.61. The summed E-state index contributed by atoms with van der Waals surface area (Å²) >= 11 is 0. The maximum Gasteiger partial charge on any atom is 0.326 e. The molecule has 2 saturated heterocycles. The van der Waals surface area contributed by atoms with Gasteiger partial charge in [-0.05, 0) is 43.7 Å². The lowest BCUT2D eigenvalue weighted by Gasteiger charge is -2.34. The summed E-state index contributed by atoms with van der Waals surface area (Å²) < 4.78 is 7.24. The van der Waals surface area contributed by atoms with Crippen LogP contribution in [0.1, 0.15) is 38.1 Å². The van der Waals surface area contributed by atoms with Crippen molar-refractivity contribution in [1.29, 1.82) is 0 Å². The van der Waals surface area contributed by atoms with Gasteiger partial charge in [0.05, 0.1) is 11.0 Å². The molecule has 2 fully saturated rings. The van der Waals surface area contributed by atoms with Crippen LogP contribution in [-0.4, -0.2) is 46.7 Å². The molecule has 0 atom stereocenters. The lowest BCUT2D eigenvalue weighted by Crippen LogP contribution is -2.41. The fraction of sp³-hybridized carbons (Fsp3) is 0.579. The van der Waals surface area contributed by atoms with Gasteiger partial charge in [-0.1, -0.05) is 12.1 Å². The molecule has 2 aliphatic rings. The standard InChI is InChI=1S/C19H25N3O3/c23-18(13-14-7-11-25-12-8-14)21-9-5-15(6-10-21)22-17-4-2-1-3-16(17)20-19(22)24/h1-4,14-15H,5-13H2,(H,20,24). The molecule has 1 N–H and O–H groups in total. The largest absolute Gasteiger partial charge is 0.381 e. The number of benzene rings is 1. The van der Waals surface area contributed by atoms with E-state index in [0.29, 0.717) is 12.3 Å². The fourth-order valence-corrected chi connectivity index (χ4v) is 4.14. The number of para-hydroxylation sites is 2. The van der Waals surface area contributed by atoms with Gasteiger partial charge in [-0.15, -0.1) is 0 Å². The smallest absolute Gasteiger partial charge is 0.326 e. The summed E-state index contributed by atoms with van der Waals surface area (Å²) in [6.07, 6.45) is 4.30. The Morgan fingerprint density at radius 2 is 1.84 bits per heavy atom. The van der Waals surface area contributed by atoms with E-state index >= 15 is 0 Å². The summed E-state index contributed by atoms with van der Waals surface area (Å²) in [4.78, 5) is 29.8. The number of aromatic amines is 1. The normalized spacial score (nSPS) is 20.2. The van der Waals surface area contributed by atoms with Crippen LogP contribution in [-0.2, 0) is 9.53 Å². The zero-order valence-corrected chi connectivity index (χ0v) is 14.4. The fourth-order valence-electron chi connectivity index (χ4n) is 4.14. The van der Waals surface area contributed by atoms with E-state index in [2.05, 4.69) is 4.98 Å². The van der Waals surface area contributed by atoms with Crippen molar-refractivity contribution >= 4 is 16.9 Å². The molecule has 134 valence electrons. The van der Waals surface area contributed by atoms with Gasteiger partial charge in [-0.3, -0.25) is 9.36 Å². The highest BCUT2D eigenvalue weighted by molar-refractivity contribution is 5.77. The molecule has 0 bridgehead atoms. The minimum Gasteiger partial charge on any atom is -0.381 e. The first-order valence-corrected chi connectivity index (χ1v) is 9.27. The second kappa shape index (κ2) is 7.04. The molecular weight excluding hydrogens is 318 g/mol. The van der Waals surface area contributed by atoms with Crippen LogP contribution in [0.2, 0.25) is 0 Å². The number of hydrogen-bond donors (Lipinski definition) is 1. The summed E-state index contributed by atoms with van der Waals surface area (Å²) in [6, 6.07) is 7.96. The molecular formula is C19H25N3O3. The maximum atomic E-state index is 12.5. The van der Waals surface area contributed by atoms with Crippen molar-refractivity contribution in [3.05, 3.63) is 34.7 Å². The Morgan fingerprint density at radius 1 is 1.12 bits per heavy atom. The number of ether oxygens (including phenoxy) is 1. The third-order valence-electron chi connectivity index (χ3n) is 5.61. The summed E-state index contributed by atoms with van der Waals surface area (Å²) in [5.41, 5.74) is 1.79. The molecule has 6 nitrogen and oxygen atoms in total. The van der Waals surface area contributed by atoms with Crippen molar-refractivity contribution in [2.45, 2.75) is 38.1 Å². The number of nitrogens with one attached hydrogen (secondary N) is 1. The number of nitrogens with zero attached hydrogens (tertiary/aromatic N) is 2. The monoisotopic (exact) mass is 343 g/mol. The molecule has 1 aromatic carbocycles. The lowest BCUT2D eigenvalue weighted by atomic mass is 9.95. The number of H-pyrrole nitrogens is 1. The van der Waals surface area contributed by atoms with E-state index in [1.54, 1.807) is 0 Å². The van der Waals surface area contributed by atoms with Crippen molar-refractivity contribution in [1.82, 2.24) is 14.5 Å². The minimum atomic E-state index is -0.0480. The Labute approximate surface area is 146 Å². The lowest BCUT2D eigenvalue weighted by molar-refractivity contribution is -0.134. The van der Waals surface area contributed by atoms with Crippen LogP contribution in [0, 0.1) is 5.92 Å². The molecule has 0 unspecified atom stereocenters. The number of imidazole rings is 1. The molecule has 3 heterocycles. The molecule has 6 heteroatoms. The second-order valence-electron chi connectivity index (χ2n) is 7.19. The average Bonchev–Trinajstić information content (AvgIpc) is 2.98. The molecule has 2 aromatic rings. The Bertz CT molecular complexity index is 796. The van der Waals surface area contributed by atoms with Gasteiger partial charge in [0.25, 0.3) is 0 Å². The number of aromatic nitrogens is 2. The van der Waals surface area contributed by atoms with E-state index < -0.39 is 0 Å². The topological polar surface area (TPSA) is 67.3 Å². The predicted molar refractivity (Wildman–Crippen MR) is 95.6 cm³/mol. The van der Waals surface area contributed by atoms with Gasteiger partial charge < -0.3 is 14.6 Å². The Balaban J connectivity index is 1.40. The van der Waals surface area contributed by atoms with Crippen LogP contribution in [0.3, 0.4) is 0 Å². The molecule has 0 saturated carbocycles. The van der Waals surface area contributed by atoms with Crippen LogP contribution < -0.4 is 5.69 Å². The number of likely N-dealkylation sites (tertiary alicyclic amines) is 1. The summed E-state index contributed by atoms with van der Waals surface area (Å²) in [6.45, 7) is 3.03. The van der Waals surface area contributed by atoms with Crippen LogP contribution >= 0.6 is 0 Å². The molecule has 4 rings (SSSR count). The number of hydrogen-bond acceptors (Lipinski definition) is 3. The first-order valence-electron chi connectivity index (χ1n) is 9.27. The Morgan fingerprint density at radius 3 is 2.60 bits per heavy atom. The highest BCUT2D eigenvalue weighted by Crippen LogP contribution is 2.26. The first kappa shape index (κ1) is 16.4. The Kier molecular flexibility index (Phi) is 4.61. The third kappa shape index (κ3) is 3.35. The van der Waals surface area contributed by atoms with Gasteiger partial charge in [-0.2, -0.15) is 0 Å². The minimum absolute atomic E-state index is 0.0480. The highest BCUT2D eigenvalue weighted by Gasteiger charge is 2.27. The van der Waals surface area contributed by atoms with Crippen LogP contribution in [0.25, 0.3) is 11.0 Å².